The zero-order valence-corrected chi connectivity index (χ0v) is 19.0. The Labute approximate surface area is 198 Å². The number of fused-ring (bicyclic) bond motifs is 1. The molecule has 0 spiro atoms. The van der Waals surface area contributed by atoms with Crippen molar-refractivity contribution >= 4 is 61.9 Å². The summed E-state index contributed by atoms with van der Waals surface area (Å²) >= 11 is 3.47. The number of rotatable bonds is 7. The quantitative estimate of drug-likeness (QED) is 0.271. The van der Waals surface area contributed by atoms with Gasteiger partial charge < -0.3 is 21.5 Å². The Kier molecular flexibility index (Phi) is 6.50. The average molecular weight is 506 g/mol. The van der Waals surface area contributed by atoms with Crippen molar-refractivity contribution in [2.75, 3.05) is 16.4 Å². The largest absolute Gasteiger partial charge is 0.481 e. The lowest BCUT2D eigenvalue weighted by atomic mass is 10.0. The summed E-state index contributed by atoms with van der Waals surface area (Å²) in [6, 6.07) is 20.9. The molecule has 0 bridgehead atoms. The van der Waals surface area contributed by atoms with E-state index in [-0.39, 0.29) is 24.7 Å². The van der Waals surface area contributed by atoms with Crippen molar-refractivity contribution < 1.29 is 14.7 Å². The number of benzene rings is 3. The molecule has 166 valence electrons. The van der Waals surface area contributed by atoms with Gasteiger partial charge in [0.2, 0.25) is 11.9 Å². The van der Waals surface area contributed by atoms with E-state index in [1.54, 1.807) is 12.1 Å². The lowest BCUT2D eigenvalue weighted by Gasteiger charge is -2.12. The van der Waals surface area contributed by atoms with E-state index in [1.807, 2.05) is 54.6 Å². The number of nitrogens with one attached hydrogen (secondary N) is 2. The fraction of sp³-hybridized carbons (Fsp3) is 0.0833. The summed E-state index contributed by atoms with van der Waals surface area (Å²) in [5.74, 6) is -0.569. The Bertz CT molecular complexity index is 1340. The number of aromatic nitrogens is 2. The first-order valence-electron chi connectivity index (χ1n) is 10.1. The first-order valence-corrected chi connectivity index (χ1v) is 10.9. The molecule has 3 aromatic carbocycles. The van der Waals surface area contributed by atoms with E-state index in [0.717, 1.165) is 26.7 Å². The molecule has 0 aliphatic heterocycles. The van der Waals surface area contributed by atoms with Crippen molar-refractivity contribution in [1.82, 2.24) is 9.97 Å². The van der Waals surface area contributed by atoms with Gasteiger partial charge in [-0.15, -0.1) is 0 Å². The second-order valence-electron chi connectivity index (χ2n) is 7.32. The molecule has 0 aliphatic rings. The standard InChI is InChI=1S/C24H20BrN5O3/c25-16-2-1-3-18(13-16)28-23-19-12-15(6-9-20(19)29-24(26)30-23)14-4-7-17(8-5-14)27-21(31)10-11-22(32)33/h1-9,12-13H,10-11H2,(H,27,31)(H,32,33)(H3,26,28,29,30). The Morgan fingerprint density at radius 2 is 1.67 bits per heavy atom. The Morgan fingerprint density at radius 3 is 2.39 bits per heavy atom. The number of nitrogens with two attached hydrogens (primary N) is 1. The Morgan fingerprint density at radius 1 is 0.909 bits per heavy atom. The van der Waals surface area contributed by atoms with Gasteiger partial charge in [-0.1, -0.05) is 40.2 Å². The molecule has 1 aromatic heterocycles. The van der Waals surface area contributed by atoms with Gasteiger partial charge in [0.15, 0.2) is 0 Å². The lowest BCUT2D eigenvalue weighted by Crippen LogP contribution is -2.13. The minimum atomic E-state index is -1.00. The number of nitrogens with zero attached hydrogens (tertiary/aromatic N) is 2. The number of amides is 1. The number of anilines is 4. The van der Waals surface area contributed by atoms with Crippen molar-refractivity contribution in [1.29, 1.82) is 0 Å². The summed E-state index contributed by atoms with van der Waals surface area (Å²) in [4.78, 5) is 31.2. The molecule has 0 radical (unpaired) electrons. The molecule has 4 aromatic rings. The van der Waals surface area contributed by atoms with E-state index in [2.05, 4.69) is 36.5 Å². The minimum Gasteiger partial charge on any atom is -0.481 e. The van der Waals surface area contributed by atoms with Gasteiger partial charge in [0.25, 0.3) is 0 Å². The predicted molar refractivity (Wildman–Crippen MR) is 132 cm³/mol. The highest BCUT2D eigenvalue weighted by Crippen LogP contribution is 2.30. The normalized spacial score (nSPS) is 10.7. The highest BCUT2D eigenvalue weighted by molar-refractivity contribution is 9.10. The lowest BCUT2D eigenvalue weighted by molar-refractivity contribution is -0.138. The molecule has 1 heterocycles. The van der Waals surface area contributed by atoms with Crippen LogP contribution in [0.1, 0.15) is 12.8 Å². The fourth-order valence-electron chi connectivity index (χ4n) is 3.31. The predicted octanol–water partition coefficient (Wildman–Crippen LogP) is 5.19. The van der Waals surface area contributed by atoms with Gasteiger partial charge in [0.05, 0.1) is 11.9 Å². The molecule has 0 fully saturated rings. The summed E-state index contributed by atoms with van der Waals surface area (Å²) in [7, 11) is 0. The van der Waals surface area contributed by atoms with Gasteiger partial charge in [-0.2, -0.15) is 4.98 Å². The molecule has 4 rings (SSSR count). The van der Waals surface area contributed by atoms with Crippen LogP contribution in [0.25, 0.3) is 22.0 Å². The van der Waals surface area contributed by atoms with E-state index < -0.39 is 5.97 Å². The van der Waals surface area contributed by atoms with Crippen LogP contribution < -0.4 is 16.4 Å². The number of hydrogen-bond donors (Lipinski definition) is 4. The molecular weight excluding hydrogens is 486 g/mol. The van der Waals surface area contributed by atoms with E-state index >= 15 is 0 Å². The van der Waals surface area contributed by atoms with Crippen LogP contribution in [0.15, 0.2) is 71.2 Å². The smallest absolute Gasteiger partial charge is 0.303 e. The van der Waals surface area contributed by atoms with Crippen molar-refractivity contribution in [3.05, 3.63) is 71.2 Å². The van der Waals surface area contributed by atoms with Crippen LogP contribution >= 0.6 is 15.9 Å². The molecule has 5 N–H and O–H groups in total. The molecule has 0 unspecified atom stereocenters. The monoisotopic (exact) mass is 505 g/mol. The van der Waals surface area contributed by atoms with E-state index in [4.69, 9.17) is 10.8 Å². The SMILES string of the molecule is Nc1nc(Nc2cccc(Br)c2)c2cc(-c3ccc(NC(=O)CCC(=O)O)cc3)ccc2n1. The third-order valence-electron chi connectivity index (χ3n) is 4.87. The number of halogens is 1. The maximum atomic E-state index is 11.8. The minimum absolute atomic E-state index is 0.0708. The van der Waals surface area contributed by atoms with E-state index in [1.165, 1.54) is 0 Å². The molecule has 9 heteroatoms. The summed E-state index contributed by atoms with van der Waals surface area (Å²) in [5.41, 5.74) is 9.96. The molecular formula is C24H20BrN5O3. The second kappa shape index (κ2) is 9.66. The molecule has 0 saturated heterocycles. The highest BCUT2D eigenvalue weighted by Gasteiger charge is 2.10. The molecule has 33 heavy (non-hydrogen) atoms. The maximum absolute atomic E-state index is 11.8. The van der Waals surface area contributed by atoms with Crippen LogP contribution in [0.3, 0.4) is 0 Å². The van der Waals surface area contributed by atoms with Crippen molar-refractivity contribution in [3.8, 4) is 11.1 Å². The molecule has 0 atom stereocenters. The zero-order valence-electron chi connectivity index (χ0n) is 17.4. The summed E-state index contributed by atoms with van der Waals surface area (Å²) < 4.78 is 0.940. The van der Waals surface area contributed by atoms with Gasteiger partial charge in [0, 0.05) is 27.7 Å². The summed E-state index contributed by atoms with van der Waals surface area (Å²) in [5, 5.41) is 15.5. The molecule has 8 nitrogen and oxygen atoms in total. The fourth-order valence-corrected chi connectivity index (χ4v) is 3.71. The van der Waals surface area contributed by atoms with Crippen molar-refractivity contribution in [2.24, 2.45) is 0 Å². The summed E-state index contributed by atoms with van der Waals surface area (Å²) in [6.45, 7) is 0. The Hall–Kier alpha value is -3.98. The Balaban J connectivity index is 1.60. The highest BCUT2D eigenvalue weighted by atomic mass is 79.9. The van der Waals surface area contributed by atoms with E-state index in [0.29, 0.717) is 17.0 Å². The van der Waals surface area contributed by atoms with Crippen molar-refractivity contribution in [2.45, 2.75) is 12.8 Å². The number of carbonyl (C=O) groups excluding carboxylic acids is 1. The number of carboxylic acid groups (broad SMARTS) is 1. The first kappa shape index (κ1) is 22.2. The van der Waals surface area contributed by atoms with Gasteiger partial charge in [-0.3, -0.25) is 9.59 Å². The number of carbonyl (C=O) groups is 2. The summed E-state index contributed by atoms with van der Waals surface area (Å²) in [6.07, 6.45) is -0.275. The van der Waals surface area contributed by atoms with Crippen LogP contribution in [0.4, 0.5) is 23.1 Å². The van der Waals surface area contributed by atoms with Crippen LogP contribution in [0.5, 0.6) is 0 Å². The average Bonchev–Trinajstić information content (AvgIpc) is 2.78. The van der Waals surface area contributed by atoms with Gasteiger partial charge in [-0.05, 0) is 53.6 Å². The van der Waals surface area contributed by atoms with Crippen LogP contribution in [-0.4, -0.2) is 27.0 Å². The number of aliphatic carboxylic acids is 1. The topological polar surface area (TPSA) is 130 Å². The number of hydrogen-bond acceptors (Lipinski definition) is 6. The first-order chi connectivity index (χ1) is 15.9. The molecule has 0 saturated carbocycles. The van der Waals surface area contributed by atoms with Crippen LogP contribution in [0, 0.1) is 0 Å². The van der Waals surface area contributed by atoms with Gasteiger partial charge in [-0.25, -0.2) is 4.98 Å². The molecule has 0 aliphatic carbocycles. The van der Waals surface area contributed by atoms with E-state index in [9.17, 15) is 9.59 Å². The third kappa shape index (κ3) is 5.64. The van der Waals surface area contributed by atoms with Gasteiger partial charge >= 0.3 is 5.97 Å². The number of nitrogen functional groups attached to an aromatic ring is 1. The molecule has 1 amide bonds. The maximum Gasteiger partial charge on any atom is 0.303 e. The number of carboxylic acids is 1. The zero-order chi connectivity index (χ0) is 23.4. The second-order valence-corrected chi connectivity index (χ2v) is 8.23. The van der Waals surface area contributed by atoms with Gasteiger partial charge in [0.1, 0.15) is 5.82 Å². The van der Waals surface area contributed by atoms with Crippen LogP contribution in [-0.2, 0) is 9.59 Å². The van der Waals surface area contributed by atoms with Crippen molar-refractivity contribution in [3.63, 3.8) is 0 Å². The third-order valence-corrected chi connectivity index (χ3v) is 5.36. The van der Waals surface area contributed by atoms with Crippen LogP contribution in [0.2, 0.25) is 0 Å².